The molecule has 0 saturated carbocycles. The fourth-order valence-electron chi connectivity index (χ4n) is 3.38. The normalized spacial score (nSPS) is 18.3. The van der Waals surface area contributed by atoms with E-state index in [0.717, 1.165) is 5.82 Å². The molecule has 29 heavy (non-hydrogen) atoms. The van der Waals surface area contributed by atoms with Crippen molar-refractivity contribution < 1.29 is 13.2 Å². The van der Waals surface area contributed by atoms with Crippen molar-refractivity contribution in [3.05, 3.63) is 34.5 Å². The Morgan fingerprint density at radius 2 is 2.10 bits per heavy atom. The minimum absolute atomic E-state index is 0.0684. The number of anilines is 1. The van der Waals surface area contributed by atoms with E-state index >= 15 is 0 Å². The number of carbonyl (C=O) groups excluding carboxylic acids is 1. The van der Waals surface area contributed by atoms with Gasteiger partial charge in [0.2, 0.25) is 5.91 Å². The number of hydrogen-bond donors (Lipinski definition) is 3. The molecule has 0 radical (unpaired) electrons. The summed E-state index contributed by atoms with van der Waals surface area (Å²) in [6, 6.07) is 5.12. The molecule has 0 spiro atoms. The van der Waals surface area contributed by atoms with Crippen LogP contribution in [0.3, 0.4) is 0 Å². The molecule has 3 heterocycles. The van der Waals surface area contributed by atoms with Gasteiger partial charge in [-0.3, -0.25) is 4.79 Å². The molecule has 1 aromatic carbocycles. The summed E-state index contributed by atoms with van der Waals surface area (Å²) in [5, 5.41) is 11.7. The summed E-state index contributed by atoms with van der Waals surface area (Å²) in [4.78, 5) is 28.9. The van der Waals surface area contributed by atoms with E-state index in [1.807, 2.05) is 7.05 Å². The molecule has 0 aliphatic carbocycles. The van der Waals surface area contributed by atoms with Crippen molar-refractivity contribution in [3.8, 4) is 0 Å². The molecule has 0 unspecified atom stereocenters. The van der Waals surface area contributed by atoms with Gasteiger partial charge in [0.25, 0.3) is 0 Å². The fourth-order valence-corrected chi connectivity index (χ4v) is 5.97. The van der Waals surface area contributed by atoms with Crippen molar-refractivity contribution in [2.75, 3.05) is 22.6 Å². The molecule has 10 nitrogen and oxygen atoms in total. The van der Waals surface area contributed by atoms with Crippen LogP contribution in [0.1, 0.15) is 12.2 Å². The maximum absolute atomic E-state index is 12.3. The molecule has 3 N–H and O–H groups in total. The number of aromatic amines is 2. The van der Waals surface area contributed by atoms with E-state index in [0.29, 0.717) is 34.7 Å². The third kappa shape index (κ3) is 4.53. The Hall–Kier alpha value is -2.60. The van der Waals surface area contributed by atoms with Gasteiger partial charge in [-0.1, -0.05) is 11.8 Å². The van der Waals surface area contributed by atoms with Crippen LogP contribution in [-0.2, 0) is 28.1 Å². The summed E-state index contributed by atoms with van der Waals surface area (Å²) in [5.41, 5.74) is 1.57. The van der Waals surface area contributed by atoms with Crippen LogP contribution in [0.2, 0.25) is 0 Å². The second kappa shape index (κ2) is 7.67. The van der Waals surface area contributed by atoms with Crippen LogP contribution in [0.5, 0.6) is 0 Å². The number of sulfone groups is 1. The molecule has 3 aromatic rings. The zero-order valence-electron chi connectivity index (χ0n) is 15.6. The summed E-state index contributed by atoms with van der Waals surface area (Å²) >= 11 is 1.26. The summed E-state index contributed by atoms with van der Waals surface area (Å²) < 4.78 is 25.0. The van der Waals surface area contributed by atoms with Crippen LogP contribution < -0.4 is 11.0 Å². The highest BCUT2D eigenvalue weighted by atomic mass is 32.2. The third-order valence-electron chi connectivity index (χ3n) is 4.86. The molecular formula is C17H20N6O4S2. The van der Waals surface area contributed by atoms with Crippen molar-refractivity contribution >= 4 is 44.2 Å². The quantitative estimate of drug-likeness (QED) is 0.483. The minimum Gasteiger partial charge on any atom is -0.325 e. The lowest BCUT2D eigenvalue weighted by Crippen LogP contribution is -2.14. The second-order valence-corrected chi connectivity index (χ2v) is 10.3. The predicted octanol–water partition coefficient (Wildman–Crippen LogP) is 0.693. The lowest BCUT2D eigenvalue weighted by molar-refractivity contribution is -0.113. The van der Waals surface area contributed by atoms with Gasteiger partial charge in [-0.05, 0) is 30.5 Å². The maximum Gasteiger partial charge on any atom is 0.323 e. The Labute approximate surface area is 170 Å². The minimum atomic E-state index is -2.92. The Morgan fingerprint density at radius 1 is 1.31 bits per heavy atom. The first-order chi connectivity index (χ1) is 13.8. The smallest absolute Gasteiger partial charge is 0.323 e. The largest absolute Gasteiger partial charge is 0.325 e. The number of carbonyl (C=O) groups is 1. The van der Waals surface area contributed by atoms with E-state index in [9.17, 15) is 18.0 Å². The van der Waals surface area contributed by atoms with E-state index in [2.05, 4.69) is 25.5 Å². The highest BCUT2D eigenvalue weighted by molar-refractivity contribution is 7.99. The summed E-state index contributed by atoms with van der Waals surface area (Å²) in [6.45, 7) is 0. The fraction of sp³-hybridized carbons (Fsp3) is 0.412. The molecule has 1 aliphatic rings. The first kappa shape index (κ1) is 19.7. The summed E-state index contributed by atoms with van der Waals surface area (Å²) in [5.74, 6) is 1.15. The monoisotopic (exact) mass is 436 g/mol. The topological polar surface area (TPSA) is 143 Å². The van der Waals surface area contributed by atoms with Gasteiger partial charge in [0.05, 0.1) is 28.3 Å². The molecule has 1 saturated heterocycles. The van der Waals surface area contributed by atoms with Crippen molar-refractivity contribution in [3.63, 3.8) is 0 Å². The molecule has 12 heteroatoms. The van der Waals surface area contributed by atoms with E-state index in [1.165, 1.54) is 11.8 Å². The highest BCUT2D eigenvalue weighted by Crippen LogP contribution is 2.24. The van der Waals surface area contributed by atoms with E-state index in [1.54, 1.807) is 22.8 Å². The number of imidazole rings is 1. The zero-order chi connectivity index (χ0) is 20.6. The second-order valence-electron chi connectivity index (χ2n) is 7.11. The molecule has 2 aromatic heterocycles. The Kier molecular flexibility index (Phi) is 5.21. The van der Waals surface area contributed by atoms with Crippen LogP contribution in [0.25, 0.3) is 11.0 Å². The van der Waals surface area contributed by atoms with Crippen LogP contribution in [0.15, 0.2) is 28.2 Å². The summed E-state index contributed by atoms with van der Waals surface area (Å²) in [7, 11) is -1.11. The maximum atomic E-state index is 12.3. The van der Waals surface area contributed by atoms with Gasteiger partial charge in [0.1, 0.15) is 5.82 Å². The molecule has 1 amide bonds. The van der Waals surface area contributed by atoms with Crippen molar-refractivity contribution in [1.29, 1.82) is 0 Å². The Bertz CT molecular complexity index is 1230. The van der Waals surface area contributed by atoms with Gasteiger partial charge in [-0.25, -0.2) is 13.2 Å². The number of aromatic nitrogens is 5. The van der Waals surface area contributed by atoms with Gasteiger partial charge < -0.3 is 19.9 Å². The first-order valence-corrected chi connectivity index (χ1v) is 11.8. The van der Waals surface area contributed by atoms with Crippen LogP contribution in [-0.4, -0.2) is 56.3 Å². The van der Waals surface area contributed by atoms with E-state index in [-0.39, 0.29) is 34.8 Å². The molecule has 1 aliphatic heterocycles. The lowest BCUT2D eigenvalue weighted by atomic mass is 10.1. The van der Waals surface area contributed by atoms with Crippen LogP contribution in [0.4, 0.5) is 5.69 Å². The number of fused-ring (bicyclic) bond motifs is 1. The Balaban J connectivity index is 1.34. The molecule has 4 rings (SSSR count). The van der Waals surface area contributed by atoms with Gasteiger partial charge in [-0.15, -0.1) is 10.2 Å². The summed E-state index contributed by atoms with van der Waals surface area (Å²) in [6.07, 6.45) is 1.21. The zero-order valence-corrected chi connectivity index (χ0v) is 17.3. The van der Waals surface area contributed by atoms with E-state index in [4.69, 9.17) is 0 Å². The number of nitrogens with zero attached hydrogens (tertiary/aromatic N) is 3. The molecule has 1 fully saturated rings. The number of H-pyrrole nitrogens is 2. The van der Waals surface area contributed by atoms with Gasteiger partial charge in [0.15, 0.2) is 15.0 Å². The molecular weight excluding hydrogens is 416 g/mol. The molecule has 154 valence electrons. The Morgan fingerprint density at radius 3 is 2.86 bits per heavy atom. The number of hydrogen-bond acceptors (Lipinski definition) is 7. The first-order valence-electron chi connectivity index (χ1n) is 9.02. The van der Waals surface area contributed by atoms with Gasteiger partial charge >= 0.3 is 5.69 Å². The number of benzene rings is 1. The van der Waals surface area contributed by atoms with Crippen LogP contribution >= 0.6 is 11.8 Å². The molecule has 1 atom stereocenters. The number of rotatable bonds is 6. The number of thioether (sulfide) groups is 1. The van der Waals surface area contributed by atoms with Crippen molar-refractivity contribution in [2.45, 2.75) is 18.0 Å². The standard InChI is InChI=1S/C17H20N6O4S2/c1-23-14(6-10-4-5-29(26,27)9-10)21-22-17(23)28-8-15(24)18-11-2-3-12-13(7-11)20-16(25)19-12/h2-3,7,10H,4-6,8-9H2,1H3,(H,18,24)(H2,19,20,25)/t10-/m0/s1. The third-order valence-corrected chi connectivity index (χ3v) is 7.71. The SMILES string of the molecule is Cn1c(C[C@@H]2CCS(=O)(=O)C2)nnc1SCC(=O)Nc1ccc2[nH]c(=O)[nH]c2c1. The number of amides is 1. The van der Waals surface area contributed by atoms with Crippen molar-refractivity contribution in [1.82, 2.24) is 24.7 Å². The van der Waals surface area contributed by atoms with Crippen LogP contribution in [0, 0.1) is 5.92 Å². The van der Waals surface area contributed by atoms with Gasteiger partial charge in [0, 0.05) is 19.2 Å². The highest BCUT2D eigenvalue weighted by Gasteiger charge is 2.29. The average Bonchev–Trinajstić information content (AvgIpc) is 3.30. The van der Waals surface area contributed by atoms with Gasteiger partial charge in [-0.2, -0.15) is 0 Å². The predicted molar refractivity (Wildman–Crippen MR) is 110 cm³/mol. The average molecular weight is 437 g/mol. The van der Waals surface area contributed by atoms with E-state index < -0.39 is 9.84 Å². The molecule has 0 bridgehead atoms. The van der Waals surface area contributed by atoms with Crippen molar-refractivity contribution in [2.24, 2.45) is 13.0 Å². The lowest BCUT2D eigenvalue weighted by Gasteiger charge is -2.08. The number of nitrogens with one attached hydrogen (secondary N) is 3.